The van der Waals surface area contributed by atoms with Crippen molar-refractivity contribution in [2.75, 3.05) is 24.4 Å². The average Bonchev–Trinajstić information content (AvgIpc) is 2.74. The van der Waals surface area contributed by atoms with Gasteiger partial charge in [0.2, 0.25) is 0 Å². The van der Waals surface area contributed by atoms with Crippen LogP contribution in [0, 0.1) is 5.82 Å². The molecule has 0 aliphatic carbocycles. The molecule has 162 valence electrons. The first kappa shape index (κ1) is 21.9. The maximum atomic E-state index is 14.7. The number of nitrogens with zero attached hydrogens (tertiary/aromatic N) is 1. The van der Waals surface area contributed by atoms with Gasteiger partial charge in [-0.1, -0.05) is 0 Å². The zero-order chi connectivity index (χ0) is 22.8. The molecule has 0 saturated carbocycles. The van der Waals surface area contributed by atoms with Gasteiger partial charge in [-0.25, -0.2) is 9.18 Å². The second-order valence-corrected chi connectivity index (χ2v) is 6.61. The highest BCUT2D eigenvalue weighted by molar-refractivity contribution is 5.95. The SMILES string of the molecule is COc1ccc(Nc2ccc(N(C)c3ccc(C(F)(F)F)cc3)cc2F)c(C(=O)O)c1. The van der Waals surface area contributed by atoms with E-state index in [2.05, 4.69) is 5.32 Å². The number of methoxy groups -OCH3 is 1. The Labute approximate surface area is 175 Å². The van der Waals surface area contributed by atoms with Gasteiger partial charge in [0.25, 0.3) is 0 Å². The van der Waals surface area contributed by atoms with Gasteiger partial charge >= 0.3 is 12.1 Å². The number of nitrogens with one attached hydrogen (secondary N) is 1. The van der Waals surface area contributed by atoms with Crippen molar-refractivity contribution >= 4 is 28.7 Å². The van der Waals surface area contributed by atoms with E-state index in [9.17, 15) is 27.5 Å². The topological polar surface area (TPSA) is 61.8 Å². The maximum Gasteiger partial charge on any atom is 0.416 e. The Morgan fingerprint density at radius 1 is 0.968 bits per heavy atom. The Balaban J connectivity index is 1.84. The number of aromatic carboxylic acids is 1. The molecule has 5 nitrogen and oxygen atoms in total. The predicted molar refractivity (Wildman–Crippen MR) is 109 cm³/mol. The third-order valence-corrected chi connectivity index (χ3v) is 4.65. The molecule has 0 atom stereocenters. The molecule has 0 spiro atoms. The highest BCUT2D eigenvalue weighted by Gasteiger charge is 2.30. The van der Waals surface area contributed by atoms with Crippen molar-refractivity contribution in [3.63, 3.8) is 0 Å². The van der Waals surface area contributed by atoms with Crippen LogP contribution in [0.1, 0.15) is 15.9 Å². The average molecular weight is 434 g/mol. The van der Waals surface area contributed by atoms with Crippen LogP contribution < -0.4 is 15.0 Å². The largest absolute Gasteiger partial charge is 0.497 e. The number of carboxylic acid groups (broad SMARTS) is 1. The van der Waals surface area contributed by atoms with Crippen LogP contribution in [-0.2, 0) is 6.18 Å². The number of alkyl halides is 3. The summed E-state index contributed by atoms with van der Waals surface area (Å²) in [6, 6.07) is 13.0. The van der Waals surface area contributed by atoms with Gasteiger partial charge in [-0.05, 0) is 60.7 Å². The molecule has 0 unspecified atom stereocenters. The monoisotopic (exact) mass is 434 g/mol. The zero-order valence-corrected chi connectivity index (χ0v) is 16.5. The lowest BCUT2D eigenvalue weighted by molar-refractivity contribution is -0.137. The fourth-order valence-corrected chi connectivity index (χ4v) is 2.92. The molecule has 9 heteroatoms. The van der Waals surface area contributed by atoms with E-state index >= 15 is 0 Å². The van der Waals surface area contributed by atoms with Crippen LogP contribution in [-0.4, -0.2) is 25.2 Å². The third-order valence-electron chi connectivity index (χ3n) is 4.65. The number of anilines is 4. The van der Waals surface area contributed by atoms with Crippen LogP contribution in [0.15, 0.2) is 60.7 Å². The smallest absolute Gasteiger partial charge is 0.416 e. The second kappa shape index (κ2) is 8.55. The summed E-state index contributed by atoms with van der Waals surface area (Å²) in [5, 5.41) is 12.1. The van der Waals surface area contributed by atoms with Gasteiger partial charge in [-0.15, -0.1) is 0 Å². The number of hydrogen-bond donors (Lipinski definition) is 2. The van der Waals surface area contributed by atoms with Gasteiger partial charge in [-0.2, -0.15) is 13.2 Å². The first-order valence-corrected chi connectivity index (χ1v) is 8.99. The molecule has 31 heavy (non-hydrogen) atoms. The van der Waals surface area contributed by atoms with E-state index in [1.807, 2.05) is 0 Å². The Hall–Kier alpha value is -3.75. The maximum absolute atomic E-state index is 14.7. The first-order valence-electron chi connectivity index (χ1n) is 8.99. The molecule has 0 radical (unpaired) electrons. The van der Waals surface area contributed by atoms with Crippen LogP contribution in [0.25, 0.3) is 0 Å². The first-order chi connectivity index (χ1) is 14.6. The number of rotatable bonds is 6. The lowest BCUT2D eigenvalue weighted by atomic mass is 10.1. The van der Waals surface area contributed by atoms with Crippen molar-refractivity contribution in [2.24, 2.45) is 0 Å². The van der Waals surface area contributed by atoms with E-state index in [0.29, 0.717) is 17.1 Å². The molecule has 3 rings (SSSR count). The minimum absolute atomic E-state index is 0.0391. The van der Waals surface area contributed by atoms with Crippen LogP contribution in [0.2, 0.25) is 0 Å². The van der Waals surface area contributed by atoms with Gasteiger partial charge < -0.3 is 20.1 Å². The zero-order valence-electron chi connectivity index (χ0n) is 16.5. The summed E-state index contributed by atoms with van der Waals surface area (Å²) in [6.07, 6.45) is -4.44. The van der Waals surface area contributed by atoms with Crippen LogP contribution in [0.5, 0.6) is 5.75 Å². The molecule has 0 amide bonds. The molecule has 0 bridgehead atoms. The van der Waals surface area contributed by atoms with Crippen molar-refractivity contribution < 1.29 is 32.2 Å². The Morgan fingerprint density at radius 3 is 2.13 bits per heavy atom. The number of ether oxygens (including phenoxy) is 1. The fourth-order valence-electron chi connectivity index (χ4n) is 2.92. The standard InChI is InChI=1S/C22H18F4N2O3/c1-28(14-5-3-13(4-6-14)22(24,25)26)15-7-9-20(18(23)11-15)27-19-10-8-16(31-2)12-17(19)21(29)30/h3-12,27H,1-2H3,(H,29,30). The molecule has 3 aromatic rings. The molecule has 2 N–H and O–H groups in total. The third kappa shape index (κ3) is 4.88. The quantitative estimate of drug-likeness (QED) is 0.462. The number of carboxylic acids is 1. The van der Waals surface area contributed by atoms with Gasteiger partial charge in [0.1, 0.15) is 11.6 Å². The van der Waals surface area contributed by atoms with Crippen molar-refractivity contribution in [3.05, 3.63) is 77.6 Å². The van der Waals surface area contributed by atoms with Crippen molar-refractivity contribution in [1.29, 1.82) is 0 Å². The number of carbonyl (C=O) groups is 1. The van der Waals surface area contributed by atoms with Crippen molar-refractivity contribution in [1.82, 2.24) is 0 Å². The van der Waals surface area contributed by atoms with Crippen LogP contribution >= 0.6 is 0 Å². The molecule has 0 heterocycles. The van der Waals surface area contributed by atoms with E-state index in [1.165, 1.54) is 48.4 Å². The van der Waals surface area contributed by atoms with E-state index in [-0.39, 0.29) is 16.9 Å². The predicted octanol–water partition coefficient (Wildman–Crippen LogP) is 6.06. The molecular formula is C22H18F4N2O3. The highest BCUT2D eigenvalue weighted by atomic mass is 19.4. The molecular weight excluding hydrogens is 416 g/mol. The Kier molecular flexibility index (Phi) is 6.05. The minimum Gasteiger partial charge on any atom is -0.497 e. The summed E-state index contributed by atoms with van der Waals surface area (Å²) in [4.78, 5) is 13.0. The van der Waals surface area contributed by atoms with Crippen LogP contribution in [0.4, 0.5) is 40.3 Å². The van der Waals surface area contributed by atoms with Gasteiger partial charge in [0.15, 0.2) is 0 Å². The van der Waals surface area contributed by atoms with Crippen molar-refractivity contribution in [2.45, 2.75) is 6.18 Å². The Morgan fingerprint density at radius 2 is 1.58 bits per heavy atom. The fraction of sp³-hybridized carbons (Fsp3) is 0.136. The highest BCUT2D eigenvalue weighted by Crippen LogP contribution is 2.33. The summed E-state index contributed by atoms with van der Waals surface area (Å²) in [5.41, 5.74) is 0.189. The van der Waals surface area contributed by atoms with Crippen LogP contribution in [0.3, 0.4) is 0 Å². The van der Waals surface area contributed by atoms with Gasteiger partial charge in [0, 0.05) is 18.4 Å². The molecule has 0 aromatic heterocycles. The summed E-state index contributed by atoms with van der Waals surface area (Å²) >= 11 is 0. The number of hydrogen-bond acceptors (Lipinski definition) is 4. The van der Waals surface area contributed by atoms with Gasteiger partial charge in [0.05, 0.1) is 29.6 Å². The lowest BCUT2D eigenvalue weighted by Gasteiger charge is -2.21. The second-order valence-electron chi connectivity index (χ2n) is 6.61. The minimum atomic E-state index is -4.44. The van der Waals surface area contributed by atoms with E-state index in [1.54, 1.807) is 19.2 Å². The van der Waals surface area contributed by atoms with Gasteiger partial charge in [-0.3, -0.25) is 0 Å². The van der Waals surface area contributed by atoms with E-state index < -0.39 is 23.5 Å². The molecule has 3 aromatic carbocycles. The molecule has 0 aliphatic rings. The molecule has 0 aliphatic heterocycles. The Bertz CT molecular complexity index is 1100. The van der Waals surface area contributed by atoms with Crippen molar-refractivity contribution in [3.8, 4) is 5.75 Å². The molecule has 0 saturated heterocycles. The molecule has 0 fully saturated rings. The lowest BCUT2D eigenvalue weighted by Crippen LogP contribution is -2.11. The summed E-state index contributed by atoms with van der Waals surface area (Å²) in [5.74, 6) is -1.53. The summed E-state index contributed by atoms with van der Waals surface area (Å²) < 4.78 is 57.9. The van der Waals surface area contributed by atoms with E-state index in [0.717, 1.165) is 12.1 Å². The summed E-state index contributed by atoms with van der Waals surface area (Å²) in [6.45, 7) is 0. The summed E-state index contributed by atoms with van der Waals surface area (Å²) in [7, 11) is 3.00. The van der Waals surface area contributed by atoms with E-state index in [4.69, 9.17) is 4.74 Å². The number of halogens is 4. The number of benzene rings is 3. The normalized spacial score (nSPS) is 11.2.